The zero-order valence-corrected chi connectivity index (χ0v) is 13.8. The number of carbonyl (C=O) groups is 2. The van der Waals surface area contributed by atoms with E-state index in [9.17, 15) is 9.59 Å². The molecule has 4 nitrogen and oxygen atoms in total. The first-order valence-corrected chi connectivity index (χ1v) is 9.24. The molecule has 0 aliphatic carbocycles. The second-order valence-electron chi connectivity index (χ2n) is 6.21. The zero-order valence-electron chi connectivity index (χ0n) is 13.0. The van der Waals surface area contributed by atoms with Gasteiger partial charge in [0.2, 0.25) is 11.8 Å². The molecule has 0 radical (unpaired) electrons. The highest BCUT2D eigenvalue weighted by atomic mass is 32.1. The molecule has 2 amide bonds. The quantitative estimate of drug-likeness (QED) is 0.837. The molecule has 3 rings (SSSR count). The van der Waals surface area contributed by atoms with Gasteiger partial charge in [-0.25, -0.2) is 0 Å². The molecular weight excluding hydrogens is 296 g/mol. The Morgan fingerprint density at radius 3 is 2.73 bits per heavy atom. The fourth-order valence-corrected chi connectivity index (χ4v) is 4.23. The molecule has 1 aromatic heterocycles. The van der Waals surface area contributed by atoms with Gasteiger partial charge in [-0.1, -0.05) is 6.07 Å². The fraction of sp³-hybridized carbons (Fsp3) is 0.647. The van der Waals surface area contributed by atoms with Crippen LogP contribution < -0.4 is 0 Å². The number of nitrogens with zero attached hydrogens (tertiary/aromatic N) is 2. The molecule has 2 aliphatic rings. The molecule has 5 heteroatoms. The molecular formula is C17H24N2O2S. The van der Waals surface area contributed by atoms with Gasteiger partial charge < -0.3 is 9.80 Å². The fourth-order valence-electron chi connectivity index (χ4n) is 3.48. The number of hydrogen-bond acceptors (Lipinski definition) is 3. The van der Waals surface area contributed by atoms with Crippen LogP contribution >= 0.6 is 11.3 Å². The van der Waals surface area contributed by atoms with E-state index in [1.54, 1.807) is 11.3 Å². The summed E-state index contributed by atoms with van der Waals surface area (Å²) >= 11 is 1.74. The molecule has 2 fully saturated rings. The Labute approximate surface area is 136 Å². The molecule has 0 spiro atoms. The molecule has 0 saturated carbocycles. The molecule has 2 aliphatic heterocycles. The van der Waals surface area contributed by atoms with Gasteiger partial charge in [-0.15, -0.1) is 11.3 Å². The van der Waals surface area contributed by atoms with Crippen LogP contribution in [0.4, 0.5) is 0 Å². The summed E-state index contributed by atoms with van der Waals surface area (Å²) < 4.78 is 0. The summed E-state index contributed by atoms with van der Waals surface area (Å²) in [5.74, 6) is 0.341. The average molecular weight is 320 g/mol. The summed E-state index contributed by atoms with van der Waals surface area (Å²) in [4.78, 5) is 30.1. The summed E-state index contributed by atoms with van der Waals surface area (Å²) in [5, 5.41) is 2.07. The van der Waals surface area contributed by atoms with E-state index in [0.29, 0.717) is 6.42 Å². The predicted octanol–water partition coefficient (Wildman–Crippen LogP) is 2.68. The Kier molecular flexibility index (Phi) is 5.13. The van der Waals surface area contributed by atoms with Crippen LogP contribution in [0, 0.1) is 0 Å². The Bertz CT molecular complexity index is 509. The Morgan fingerprint density at radius 2 is 2.00 bits per heavy atom. The van der Waals surface area contributed by atoms with Crippen LogP contribution in [-0.4, -0.2) is 47.3 Å². The van der Waals surface area contributed by atoms with Crippen molar-refractivity contribution in [1.29, 1.82) is 0 Å². The van der Waals surface area contributed by atoms with Crippen LogP contribution in [0.25, 0.3) is 0 Å². The lowest BCUT2D eigenvalue weighted by molar-refractivity contribution is -0.143. The van der Waals surface area contributed by atoms with Gasteiger partial charge in [0.1, 0.15) is 6.04 Å². The molecule has 120 valence electrons. The zero-order chi connectivity index (χ0) is 15.4. The third-order valence-electron chi connectivity index (χ3n) is 4.67. The van der Waals surface area contributed by atoms with Crippen molar-refractivity contribution in [3.63, 3.8) is 0 Å². The van der Waals surface area contributed by atoms with E-state index in [4.69, 9.17) is 0 Å². The number of thiophene rings is 1. The largest absolute Gasteiger partial charge is 0.341 e. The van der Waals surface area contributed by atoms with Crippen molar-refractivity contribution in [2.24, 2.45) is 0 Å². The van der Waals surface area contributed by atoms with Crippen molar-refractivity contribution < 1.29 is 9.59 Å². The normalized spacial score (nSPS) is 21.5. The number of likely N-dealkylation sites (tertiary alicyclic amines) is 2. The Hall–Kier alpha value is -1.36. The summed E-state index contributed by atoms with van der Waals surface area (Å²) in [6.07, 6.45) is 6.40. The maximum atomic E-state index is 12.6. The third-order valence-corrected chi connectivity index (χ3v) is 5.61. The van der Waals surface area contributed by atoms with Crippen LogP contribution in [0.5, 0.6) is 0 Å². The van der Waals surface area contributed by atoms with Crippen LogP contribution in [0.2, 0.25) is 0 Å². The topological polar surface area (TPSA) is 40.6 Å². The van der Waals surface area contributed by atoms with Gasteiger partial charge in [0.05, 0.1) is 0 Å². The van der Waals surface area contributed by atoms with Crippen LogP contribution in [0.3, 0.4) is 0 Å². The summed E-state index contributed by atoms with van der Waals surface area (Å²) in [6.45, 7) is 2.49. The number of amides is 2. The first kappa shape index (κ1) is 15.5. The van der Waals surface area contributed by atoms with E-state index in [2.05, 4.69) is 11.4 Å². The van der Waals surface area contributed by atoms with E-state index >= 15 is 0 Å². The summed E-state index contributed by atoms with van der Waals surface area (Å²) in [5.41, 5.74) is 0. The van der Waals surface area contributed by atoms with E-state index in [1.165, 1.54) is 4.88 Å². The highest BCUT2D eigenvalue weighted by Gasteiger charge is 2.36. The van der Waals surface area contributed by atoms with Crippen molar-refractivity contribution in [3.8, 4) is 0 Å². The predicted molar refractivity (Wildman–Crippen MR) is 87.8 cm³/mol. The van der Waals surface area contributed by atoms with Gasteiger partial charge in [-0.3, -0.25) is 9.59 Å². The summed E-state index contributed by atoms with van der Waals surface area (Å²) in [6, 6.07) is 3.98. The number of rotatable bonds is 5. The third kappa shape index (κ3) is 3.51. The van der Waals surface area contributed by atoms with Gasteiger partial charge in [-0.2, -0.15) is 0 Å². The molecule has 0 aromatic carbocycles. The monoisotopic (exact) mass is 320 g/mol. The number of hydrogen-bond donors (Lipinski definition) is 0. The minimum absolute atomic E-state index is 0.159. The van der Waals surface area contributed by atoms with E-state index in [-0.39, 0.29) is 17.9 Å². The van der Waals surface area contributed by atoms with Gasteiger partial charge in [0.15, 0.2) is 0 Å². The molecule has 0 unspecified atom stereocenters. The molecule has 1 aromatic rings. The highest BCUT2D eigenvalue weighted by Crippen LogP contribution is 2.23. The molecule has 22 heavy (non-hydrogen) atoms. The van der Waals surface area contributed by atoms with Gasteiger partial charge in [0, 0.05) is 30.9 Å². The molecule has 1 atom stereocenters. The lowest BCUT2D eigenvalue weighted by Gasteiger charge is -2.27. The van der Waals surface area contributed by atoms with Crippen LogP contribution in [-0.2, 0) is 16.0 Å². The molecule has 0 N–H and O–H groups in total. The van der Waals surface area contributed by atoms with E-state index in [1.807, 2.05) is 15.9 Å². The Balaban J connectivity index is 1.50. The maximum absolute atomic E-state index is 12.6. The summed E-state index contributed by atoms with van der Waals surface area (Å²) in [7, 11) is 0. The highest BCUT2D eigenvalue weighted by molar-refractivity contribution is 7.09. The second-order valence-corrected chi connectivity index (χ2v) is 7.24. The van der Waals surface area contributed by atoms with E-state index in [0.717, 1.165) is 58.2 Å². The molecule has 3 heterocycles. The lowest BCUT2D eigenvalue weighted by Crippen LogP contribution is -2.46. The van der Waals surface area contributed by atoms with Crippen molar-refractivity contribution in [2.45, 2.75) is 51.0 Å². The van der Waals surface area contributed by atoms with Crippen molar-refractivity contribution in [3.05, 3.63) is 22.4 Å². The maximum Gasteiger partial charge on any atom is 0.245 e. The van der Waals surface area contributed by atoms with Gasteiger partial charge >= 0.3 is 0 Å². The minimum atomic E-state index is -0.188. The lowest BCUT2D eigenvalue weighted by atomic mass is 10.1. The van der Waals surface area contributed by atoms with Crippen molar-refractivity contribution >= 4 is 23.2 Å². The van der Waals surface area contributed by atoms with Crippen LogP contribution in [0.15, 0.2) is 17.5 Å². The number of carbonyl (C=O) groups excluding carboxylic acids is 2. The van der Waals surface area contributed by atoms with Gasteiger partial charge in [0.25, 0.3) is 0 Å². The molecule has 0 bridgehead atoms. The van der Waals surface area contributed by atoms with Crippen LogP contribution in [0.1, 0.15) is 43.4 Å². The van der Waals surface area contributed by atoms with Gasteiger partial charge in [-0.05, 0) is 50.0 Å². The number of aryl methyl sites for hydroxylation is 1. The Morgan fingerprint density at radius 1 is 1.18 bits per heavy atom. The first-order valence-electron chi connectivity index (χ1n) is 8.36. The van der Waals surface area contributed by atoms with E-state index < -0.39 is 0 Å². The minimum Gasteiger partial charge on any atom is -0.341 e. The van der Waals surface area contributed by atoms with Crippen molar-refractivity contribution in [2.75, 3.05) is 19.6 Å². The average Bonchev–Trinajstić information content (AvgIpc) is 3.26. The second kappa shape index (κ2) is 7.27. The molecule has 2 saturated heterocycles. The SMILES string of the molecule is O=C([C@@H]1CCCN1C(=O)CCCc1cccs1)N1CCCC1. The van der Waals surface area contributed by atoms with Crippen molar-refractivity contribution in [1.82, 2.24) is 9.80 Å². The smallest absolute Gasteiger partial charge is 0.245 e. The standard InChI is InChI=1S/C17H24N2O2S/c20-16(9-3-6-14-7-5-13-22-14)19-12-4-8-15(19)17(21)18-10-1-2-11-18/h5,7,13,15H,1-4,6,8-12H2/t15-/m0/s1. The first-order chi connectivity index (χ1) is 10.8.